The van der Waals surface area contributed by atoms with Gasteiger partial charge in [0.2, 0.25) is 0 Å². The number of halogens is 2. The van der Waals surface area contributed by atoms with E-state index in [0.717, 1.165) is 12.1 Å². The standard InChI is InChI=1S/C15H13ClFNO3S2/c16-11-6-10(7-12(17)8-11)15(19)18-3-5-23(20,21)14(9-18)13-2-1-4-22-13/h1-2,4,6-8,14H,3,5,9H2/t14-/m1/s1. The molecule has 0 spiro atoms. The van der Waals surface area contributed by atoms with Crippen molar-refractivity contribution in [3.8, 4) is 0 Å². The number of carbonyl (C=O) groups excluding carboxylic acids is 1. The summed E-state index contributed by atoms with van der Waals surface area (Å²) in [6, 6.07) is 7.14. The number of benzene rings is 1. The minimum atomic E-state index is -3.30. The van der Waals surface area contributed by atoms with Crippen molar-refractivity contribution in [3.05, 3.63) is 57.0 Å². The van der Waals surface area contributed by atoms with Crippen LogP contribution in [0.25, 0.3) is 0 Å². The van der Waals surface area contributed by atoms with E-state index in [1.54, 1.807) is 17.5 Å². The molecule has 2 heterocycles. The lowest BCUT2D eigenvalue weighted by Gasteiger charge is -2.32. The molecule has 8 heteroatoms. The lowest BCUT2D eigenvalue weighted by Crippen LogP contribution is -2.45. The molecule has 4 nitrogen and oxygen atoms in total. The van der Waals surface area contributed by atoms with Crippen molar-refractivity contribution >= 4 is 38.7 Å². The Morgan fingerprint density at radius 1 is 1.35 bits per heavy atom. The molecule has 1 aromatic carbocycles. The van der Waals surface area contributed by atoms with Crippen LogP contribution < -0.4 is 0 Å². The number of amides is 1. The van der Waals surface area contributed by atoms with Gasteiger partial charge in [0.15, 0.2) is 9.84 Å². The van der Waals surface area contributed by atoms with Crippen molar-refractivity contribution in [2.75, 3.05) is 18.8 Å². The highest BCUT2D eigenvalue weighted by molar-refractivity contribution is 7.91. The number of thiophene rings is 1. The summed E-state index contributed by atoms with van der Waals surface area (Å²) < 4.78 is 38.0. The highest BCUT2D eigenvalue weighted by atomic mass is 35.5. The van der Waals surface area contributed by atoms with Crippen LogP contribution in [0.3, 0.4) is 0 Å². The molecule has 1 saturated heterocycles. The normalized spacial score (nSPS) is 20.4. The van der Waals surface area contributed by atoms with Crippen molar-refractivity contribution in [1.29, 1.82) is 0 Å². The molecular formula is C15H13ClFNO3S2. The summed E-state index contributed by atoms with van der Waals surface area (Å²) in [5.74, 6) is -1.12. The zero-order valence-corrected chi connectivity index (χ0v) is 14.3. The molecule has 1 aliphatic heterocycles. The van der Waals surface area contributed by atoms with Gasteiger partial charge in [-0.3, -0.25) is 4.79 Å². The lowest BCUT2D eigenvalue weighted by molar-refractivity contribution is 0.0758. The van der Waals surface area contributed by atoms with Crippen LogP contribution in [0.4, 0.5) is 4.39 Å². The van der Waals surface area contributed by atoms with E-state index in [9.17, 15) is 17.6 Å². The number of nitrogens with zero attached hydrogens (tertiary/aromatic N) is 1. The average molecular weight is 374 g/mol. The van der Waals surface area contributed by atoms with Gasteiger partial charge in [0, 0.05) is 28.6 Å². The number of carbonyl (C=O) groups is 1. The molecule has 1 atom stereocenters. The van der Waals surface area contributed by atoms with Crippen molar-refractivity contribution in [2.24, 2.45) is 0 Å². The van der Waals surface area contributed by atoms with Crippen LogP contribution in [0.15, 0.2) is 35.7 Å². The fourth-order valence-electron chi connectivity index (χ4n) is 2.57. The van der Waals surface area contributed by atoms with Crippen LogP contribution in [0, 0.1) is 5.82 Å². The SMILES string of the molecule is O=C(c1cc(F)cc(Cl)c1)N1CCS(=O)(=O)[C@@H](c2cccs2)C1. The summed E-state index contributed by atoms with van der Waals surface area (Å²) in [5.41, 5.74) is 0.124. The quantitative estimate of drug-likeness (QED) is 0.812. The van der Waals surface area contributed by atoms with E-state index in [-0.39, 0.29) is 29.4 Å². The predicted molar refractivity (Wildman–Crippen MR) is 88.2 cm³/mol. The Labute approximate surface area is 142 Å². The smallest absolute Gasteiger partial charge is 0.254 e. The maximum absolute atomic E-state index is 13.4. The molecule has 0 radical (unpaired) electrons. The maximum Gasteiger partial charge on any atom is 0.254 e. The first-order chi connectivity index (χ1) is 10.9. The Bertz CT molecular complexity index is 816. The summed E-state index contributed by atoms with van der Waals surface area (Å²) in [6.07, 6.45) is 0. The van der Waals surface area contributed by atoms with Crippen LogP contribution in [0.2, 0.25) is 5.02 Å². The molecule has 0 N–H and O–H groups in total. The second-order valence-electron chi connectivity index (χ2n) is 5.28. The first-order valence-corrected chi connectivity index (χ1v) is 9.84. The van der Waals surface area contributed by atoms with Gasteiger partial charge in [-0.15, -0.1) is 11.3 Å². The Kier molecular flexibility index (Phi) is 4.44. The minimum absolute atomic E-state index is 0.0653. The van der Waals surface area contributed by atoms with Gasteiger partial charge in [-0.25, -0.2) is 12.8 Å². The topological polar surface area (TPSA) is 54.5 Å². The Hall–Kier alpha value is -1.44. The van der Waals surface area contributed by atoms with E-state index in [1.807, 2.05) is 0 Å². The molecule has 2 aromatic rings. The molecule has 0 aliphatic carbocycles. The van der Waals surface area contributed by atoms with Gasteiger partial charge >= 0.3 is 0 Å². The summed E-state index contributed by atoms with van der Waals surface area (Å²) in [4.78, 5) is 14.7. The summed E-state index contributed by atoms with van der Waals surface area (Å²) in [5, 5.41) is 1.20. The monoisotopic (exact) mass is 373 g/mol. The van der Waals surface area contributed by atoms with Gasteiger partial charge < -0.3 is 4.90 Å². The van der Waals surface area contributed by atoms with Crippen molar-refractivity contribution < 1.29 is 17.6 Å². The largest absolute Gasteiger partial charge is 0.336 e. The van der Waals surface area contributed by atoms with E-state index in [2.05, 4.69) is 0 Å². The van der Waals surface area contributed by atoms with Crippen molar-refractivity contribution in [2.45, 2.75) is 5.25 Å². The van der Waals surface area contributed by atoms with Crippen LogP contribution >= 0.6 is 22.9 Å². The average Bonchev–Trinajstić information content (AvgIpc) is 2.99. The molecule has 0 bridgehead atoms. The molecular weight excluding hydrogens is 361 g/mol. The number of sulfone groups is 1. The second kappa shape index (κ2) is 6.22. The van der Waals surface area contributed by atoms with Gasteiger partial charge in [0.25, 0.3) is 5.91 Å². The van der Waals surface area contributed by atoms with Gasteiger partial charge in [-0.1, -0.05) is 17.7 Å². The van der Waals surface area contributed by atoms with Crippen LogP contribution in [0.1, 0.15) is 20.5 Å². The summed E-state index contributed by atoms with van der Waals surface area (Å²) in [6.45, 7) is 0.160. The van der Waals surface area contributed by atoms with Gasteiger partial charge in [-0.05, 0) is 29.6 Å². The van der Waals surface area contributed by atoms with E-state index in [0.29, 0.717) is 4.88 Å². The molecule has 3 rings (SSSR count). The lowest BCUT2D eigenvalue weighted by atomic mass is 10.2. The molecule has 0 unspecified atom stereocenters. The number of rotatable bonds is 2. The third kappa shape index (κ3) is 3.41. The zero-order valence-electron chi connectivity index (χ0n) is 11.9. The van der Waals surface area contributed by atoms with Crippen molar-refractivity contribution in [1.82, 2.24) is 4.90 Å². The zero-order chi connectivity index (χ0) is 16.6. The molecule has 1 aromatic heterocycles. The second-order valence-corrected chi connectivity index (χ2v) is 9.00. The third-order valence-corrected chi connectivity index (χ3v) is 7.10. The van der Waals surface area contributed by atoms with E-state index >= 15 is 0 Å². The molecule has 1 aliphatic rings. The number of hydrogen-bond donors (Lipinski definition) is 0. The fraction of sp³-hybridized carbons (Fsp3) is 0.267. The third-order valence-electron chi connectivity index (χ3n) is 3.72. The first-order valence-electron chi connectivity index (χ1n) is 6.87. The predicted octanol–water partition coefficient (Wildman–Crippen LogP) is 3.15. The molecule has 23 heavy (non-hydrogen) atoms. The van der Waals surface area contributed by atoms with Crippen LogP contribution in [-0.4, -0.2) is 38.1 Å². The maximum atomic E-state index is 13.4. The minimum Gasteiger partial charge on any atom is -0.336 e. The molecule has 0 saturated carbocycles. The Morgan fingerprint density at radius 3 is 2.78 bits per heavy atom. The van der Waals surface area contributed by atoms with E-state index < -0.39 is 26.8 Å². The summed E-state index contributed by atoms with van der Waals surface area (Å²) >= 11 is 7.13. The highest BCUT2D eigenvalue weighted by Crippen LogP contribution is 2.31. The fourth-order valence-corrected chi connectivity index (χ4v) is 5.70. The molecule has 122 valence electrons. The van der Waals surface area contributed by atoms with Crippen LogP contribution in [0.5, 0.6) is 0 Å². The van der Waals surface area contributed by atoms with E-state index in [1.165, 1.54) is 22.3 Å². The van der Waals surface area contributed by atoms with Gasteiger partial charge in [0.1, 0.15) is 11.1 Å². The molecule has 1 amide bonds. The Balaban J connectivity index is 1.88. The first kappa shape index (κ1) is 16.4. The Morgan fingerprint density at radius 2 is 2.13 bits per heavy atom. The van der Waals surface area contributed by atoms with Crippen molar-refractivity contribution in [3.63, 3.8) is 0 Å². The van der Waals surface area contributed by atoms with Gasteiger partial charge in [0.05, 0.1) is 5.75 Å². The number of hydrogen-bond acceptors (Lipinski definition) is 4. The molecule has 1 fully saturated rings. The van der Waals surface area contributed by atoms with Crippen LogP contribution in [-0.2, 0) is 9.84 Å². The van der Waals surface area contributed by atoms with Gasteiger partial charge in [-0.2, -0.15) is 0 Å². The summed E-state index contributed by atoms with van der Waals surface area (Å²) in [7, 11) is -3.30. The highest BCUT2D eigenvalue weighted by Gasteiger charge is 2.36. The van der Waals surface area contributed by atoms with E-state index in [4.69, 9.17) is 11.6 Å².